The minimum absolute atomic E-state index is 0.224. The van der Waals surface area contributed by atoms with Gasteiger partial charge in [-0.15, -0.1) is 6.58 Å². The minimum Gasteiger partial charge on any atom is -0.758 e. The van der Waals surface area contributed by atoms with Crippen LogP contribution in [0.4, 0.5) is 4.39 Å². The summed E-state index contributed by atoms with van der Waals surface area (Å²) in [5, 5.41) is 0.273. The molecule has 0 radical (unpaired) electrons. The van der Waals surface area contributed by atoms with Crippen molar-refractivity contribution in [3.05, 3.63) is 78.4 Å². The summed E-state index contributed by atoms with van der Waals surface area (Å²) < 4.78 is 14.8. The highest BCUT2D eigenvalue weighted by molar-refractivity contribution is 7.77. The zero-order valence-corrected chi connectivity index (χ0v) is 13.6. The smallest absolute Gasteiger partial charge is 0.237 e. The highest BCUT2D eigenvalue weighted by atomic mass is 32.1. The Morgan fingerprint density at radius 2 is 2.09 bits per heavy atom. The third-order valence-electron chi connectivity index (χ3n) is 3.26. The van der Waals surface area contributed by atoms with Crippen LogP contribution in [0.1, 0.15) is 22.0 Å². The molecule has 0 bridgehead atoms. The fourth-order valence-electron chi connectivity index (χ4n) is 2.16. The molecule has 3 nitrogen and oxygen atoms in total. The van der Waals surface area contributed by atoms with Crippen molar-refractivity contribution in [3.8, 4) is 0 Å². The minimum atomic E-state index is -0.740. The molecule has 0 unspecified atom stereocenters. The Balaban J connectivity index is 2.46. The molecule has 1 aromatic carbocycles. The first-order chi connectivity index (χ1) is 11.0. The Morgan fingerprint density at radius 3 is 2.70 bits per heavy atom. The van der Waals surface area contributed by atoms with E-state index in [0.29, 0.717) is 12.1 Å². The molecular weight excluding hydrogens is 311 g/mol. The van der Waals surface area contributed by atoms with Gasteiger partial charge in [-0.25, -0.2) is 4.39 Å². The lowest BCUT2D eigenvalue weighted by Gasteiger charge is -2.18. The van der Waals surface area contributed by atoms with Crippen LogP contribution >= 0.6 is 0 Å². The summed E-state index contributed by atoms with van der Waals surface area (Å²) >= 11 is 5.34. The highest BCUT2D eigenvalue weighted by Crippen LogP contribution is 2.13. The van der Waals surface area contributed by atoms with Crippen LogP contribution in [-0.2, 0) is 12.6 Å². The predicted octanol–water partition coefficient (Wildman–Crippen LogP) is 2.98. The predicted molar refractivity (Wildman–Crippen MR) is 91.0 cm³/mol. The first-order valence-corrected chi connectivity index (χ1v) is 7.53. The molecule has 0 aliphatic carbocycles. The molecule has 0 N–H and O–H groups in total. The average Bonchev–Trinajstić information content (AvgIpc) is 2.53. The fraction of sp³-hybridized carbons (Fsp3) is 0.167. The Labute approximate surface area is 140 Å². The number of benzene rings is 1. The molecule has 0 amide bonds. The van der Waals surface area contributed by atoms with Gasteiger partial charge in [-0.2, -0.15) is 4.57 Å². The van der Waals surface area contributed by atoms with E-state index < -0.39 is 6.04 Å². The van der Waals surface area contributed by atoms with Crippen LogP contribution in [0.5, 0.6) is 0 Å². The number of hydrogen-bond acceptors (Lipinski definition) is 3. The van der Waals surface area contributed by atoms with Crippen LogP contribution in [0.25, 0.3) is 0 Å². The van der Waals surface area contributed by atoms with Crippen LogP contribution in [-0.4, -0.2) is 17.4 Å². The number of aliphatic imine (C=N–C) groups is 1. The van der Waals surface area contributed by atoms with E-state index in [0.717, 1.165) is 5.56 Å². The van der Waals surface area contributed by atoms with Gasteiger partial charge in [-0.05, 0) is 42.3 Å². The SMILES string of the molecule is C=CCN=C([S-])[C@H](C(=O)c1ccc(F)cc1)[n+]1cccc(C)c1. The van der Waals surface area contributed by atoms with Gasteiger partial charge in [0.05, 0.1) is 6.54 Å². The summed E-state index contributed by atoms with van der Waals surface area (Å²) in [7, 11) is 0. The Hall–Kier alpha value is -2.40. The molecule has 5 heteroatoms. The molecule has 2 aromatic rings. The first-order valence-electron chi connectivity index (χ1n) is 7.12. The van der Waals surface area contributed by atoms with E-state index in [2.05, 4.69) is 11.6 Å². The second-order valence-corrected chi connectivity index (χ2v) is 5.49. The molecule has 0 spiro atoms. The van der Waals surface area contributed by atoms with E-state index >= 15 is 0 Å². The molecule has 118 valence electrons. The van der Waals surface area contributed by atoms with Crippen LogP contribution in [0, 0.1) is 12.7 Å². The largest absolute Gasteiger partial charge is 0.758 e. The maximum absolute atomic E-state index is 13.1. The Kier molecular flexibility index (Phi) is 5.71. The zero-order chi connectivity index (χ0) is 16.8. The van der Waals surface area contributed by atoms with Gasteiger partial charge in [0.1, 0.15) is 5.82 Å². The molecule has 0 fully saturated rings. The van der Waals surface area contributed by atoms with Gasteiger partial charge in [0.15, 0.2) is 12.4 Å². The van der Waals surface area contributed by atoms with Gasteiger partial charge < -0.3 is 17.6 Å². The normalized spacial score (nSPS) is 12.7. The van der Waals surface area contributed by atoms with Crippen LogP contribution in [0.2, 0.25) is 0 Å². The summed E-state index contributed by atoms with van der Waals surface area (Å²) in [6, 6.07) is 8.46. The number of carbonyl (C=O) groups is 1. The number of carbonyl (C=O) groups excluding carboxylic acids is 1. The van der Waals surface area contributed by atoms with Crippen molar-refractivity contribution in [3.63, 3.8) is 0 Å². The first kappa shape index (κ1) is 17.0. The number of aryl methyl sites for hydroxylation is 1. The van der Waals surface area contributed by atoms with E-state index in [1.54, 1.807) is 16.8 Å². The van der Waals surface area contributed by atoms with Gasteiger partial charge >= 0.3 is 0 Å². The summed E-state index contributed by atoms with van der Waals surface area (Å²) in [5.74, 6) is -0.612. The topological polar surface area (TPSA) is 33.3 Å². The van der Waals surface area contributed by atoms with E-state index in [1.807, 2.05) is 25.3 Å². The molecule has 0 aliphatic heterocycles. The average molecular weight is 328 g/mol. The number of Topliss-reactive ketones (excluding diaryl/α,β-unsaturated/α-hetero) is 1. The number of hydrogen-bond donors (Lipinski definition) is 0. The maximum atomic E-state index is 13.1. The quantitative estimate of drug-likeness (QED) is 0.204. The monoisotopic (exact) mass is 328 g/mol. The molecular formula is C18H17FN2OS. The Morgan fingerprint density at radius 1 is 1.39 bits per heavy atom. The third kappa shape index (κ3) is 4.29. The van der Waals surface area contributed by atoms with Crippen molar-refractivity contribution in [1.29, 1.82) is 0 Å². The number of halogens is 1. The van der Waals surface area contributed by atoms with Crippen molar-refractivity contribution in [2.45, 2.75) is 13.0 Å². The van der Waals surface area contributed by atoms with Gasteiger partial charge in [0.2, 0.25) is 11.8 Å². The zero-order valence-electron chi connectivity index (χ0n) is 12.8. The van der Waals surface area contributed by atoms with Gasteiger partial charge in [-0.3, -0.25) is 4.79 Å². The van der Waals surface area contributed by atoms with Crippen molar-refractivity contribution in [2.75, 3.05) is 6.54 Å². The summed E-state index contributed by atoms with van der Waals surface area (Å²) in [6.45, 7) is 5.88. The van der Waals surface area contributed by atoms with Crippen molar-refractivity contribution >= 4 is 23.5 Å². The van der Waals surface area contributed by atoms with Gasteiger partial charge in [0.25, 0.3) is 0 Å². The van der Waals surface area contributed by atoms with Crippen molar-refractivity contribution < 1.29 is 13.8 Å². The lowest BCUT2D eigenvalue weighted by atomic mass is 10.0. The van der Waals surface area contributed by atoms with E-state index in [1.165, 1.54) is 24.3 Å². The molecule has 1 aromatic heterocycles. The molecule has 2 rings (SSSR count). The number of pyridine rings is 1. The van der Waals surface area contributed by atoms with E-state index in [9.17, 15) is 9.18 Å². The van der Waals surface area contributed by atoms with Crippen LogP contribution in [0.3, 0.4) is 0 Å². The second-order valence-electron chi connectivity index (χ2n) is 5.07. The summed E-state index contributed by atoms with van der Waals surface area (Å²) in [5.41, 5.74) is 1.39. The van der Waals surface area contributed by atoms with Crippen molar-refractivity contribution in [1.82, 2.24) is 0 Å². The number of ketones is 1. The van der Waals surface area contributed by atoms with E-state index in [-0.39, 0.29) is 16.6 Å². The lowest BCUT2D eigenvalue weighted by molar-refractivity contribution is -0.692. The van der Waals surface area contributed by atoms with Crippen LogP contribution < -0.4 is 4.57 Å². The number of aromatic nitrogens is 1. The number of rotatable bonds is 6. The molecule has 0 saturated heterocycles. The standard InChI is InChI=1S/C18H17FN2OS/c1-3-10-20-18(23)16(21-11-4-5-13(2)12-21)17(22)14-6-8-15(19)9-7-14/h3-9,11-12,16H,1,10H2,2H3/t16-/m0/s1. The highest BCUT2D eigenvalue weighted by Gasteiger charge is 2.28. The molecule has 23 heavy (non-hydrogen) atoms. The Bertz CT molecular complexity index is 741. The van der Waals surface area contributed by atoms with Crippen molar-refractivity contribution in [2.24, 2.45) is 4.99 Å². The summed E-state index contributed by atoms with van der Waals surface area (Å²) in [4.78, 5) is 17.1. The third-order valence-corrected chi connectivity index (χ3v) is 3.61. The van der Waals surface area contributed by atoms with E-state index in [4.69, 9.17) is 12.6 Å². The number of nitrogens with zero attached hydrogens (tertiary/aromatic N) is 2. The molecule has 0 aliphatic rings. The van der Waals surface area contributed by atoms with Gasteiger partial charge in [0, 0.05) is 17.2 Å². The molecule has 1 heterocycles. The second kappa shape index (κ2) is 7.74. The van der Waals surface area contributed by atoms with Crippen LogP contribution in [0.15, 0.2) is 66.4 Å². The summed E-state index contributed by atoms with van der Waals surface area (Å²) in [6.07, 6.45) is 5.23. The fourth-order valence-corrected chi connectivity index (χ4v) is 2.47. The maximum Gasteiger partial charge on any atom is 0.237 e. The molecule has 0 saturated carbocycles. The van der Waals surface area contributed by atoms with Gasteiger partial charge in [-0.1, -0.05) is 6.08 Å². The molecule has 1 atom stereocenters. The lowest BCUT2D eigenvalue weighted by Crippen LogP contribution is -2.48.